The summed E-state index contributed by atoms with van der Waals surface area (Å²) in [5.74, 6) is -2.37. The van der Waals surface area contributed by atoms with Crippen LogP contribution in [0.15, 0.2) is 41.6 Å². The van der Waals surface area contributed by atoms with Crippen LogP contribution in [0.3, 0.4) is 0 Å². The van der Waals surface area contributed by atoms with Gasteiger partial charge in [0.2, 0.25) is 0 Å². The predicted molar refractivity (Wildman–Crippen MR) is 66.4 cm³/mol. The van der Waals surface area contributed by atoms with Crippen molar-refractivity contribution in [2.24, 2.45) is 0 Å². The Balaban J connectivity index is 2.47. The molecule has 2 rings (SSSR count). The van der Waals surface area contributed by atoms with Gasteiger partial charge in [-0.3, -0.25) is 9.71 Å². The Bertz CT molecular complexity index is 702. The van der Waals surface area contributed by atoms with Crippen LogP contribution in [0.5, 0.6) is 0 Å². The normalized spacial score (nSPS) is 11.3. The van der Waals surface area contributed by atoms with Crippen LogP contribution in [0.2, 0.25) is 5.02 Å². The van der Waals surface area contributed by atoms with E-state index in [0.717, 1.165) is 24.4 Å². The number of nitrogens with zero attached hydrogens (tertiary/aromatic N) is 1. The van der Waals surface area contributed by atoms with E-state index in [9.17, 15) is 17.2 Å². The molecule has 1 aromatic heterocycles. The van der Waals surface area contributed by atoms with Crippen molar-refractivity contribution in [3.63, 3.8) is 0 Å². The van der Waals surface area contributed by atoms with E-state index in [1.807, 2.05) is 4.72 Å². The number of nitrogens with one attached hydrogen (secondary N) is 1. The van der Waals surface area contributed by atoms with E-state index >= 15 is 0 Å². The second kappa shape index (κ2) is 5.10. The van der Waals surface area contributed by atoms with Gasteiger partial charge in [-0.25, -0.2) is 17.2 Å². The fraction of sp³-hybridized carbons (Fsp3) is 0. The highest BCUT2D eigenvalue weighted by Crippen LogP contribution is 2.25. The summed E-state index contributed by atoms with van der Waals surface area (Å²) >= 11 is 5.74. The maximum absolute atomic E-state index is 13.4. The largest absolute Gasteiger partial charge is 0.276 e. The molecule has 4 nitrogen and oxygen atoms in total. The Hall–Kier alpha value is -1.73. The van der Waals surface area contributed by atoms with Crippen LogP contribution < -0.4 is 4.72 Å². The van der Waals surface area contributed by atoms with Gasteiger partial charge in [0.25, 0.3) is 10.0 Å². The van der Waals surface area contributed by atoms with E-state index in [1.165, 1.54) is 12.3 Å². The van der Waals surface area contributed by atoms with Gasteiger partial charge in [0.05, 0.1) is 16.9 Å². The molecule has 1 heterocycles. The first kappa shape index (κ1) is 13.7. The minimum Gasteiger partial charge on any atom is -0.276 e. The van der Waals surface area contributed by atoms with Crippen molar-refractivity contribution in [3.05, 3.63) is 53.3 Å². The number of hydrogen-bond acceptors (Lipinski definition) is 3. The average molecular weight is 305 g/mol. The lowest BCUT2D eigenvalue weighted by atomic mass is 10.3. The van der Waals surface area contributed by atoms with Gasteiger partial charge in [-0.2, -0.15) is 0 Å². The smallest absolute Gasteiger partial charge is 0.267 e. The van der Waals surface area contributed by atoms with E-state index in [2.05, 4.69) is 4.98 Å². The van der Waals surface area contributed by atoms with Crippen LogP contribution in [-0.4, -0.2) is 13.4 Å². The van der Waals surface area contributed by atoms with Crippen molar-refractivity contribution < 1.29 is 17.2 Å². The zero-order valence-electron chi connectivity index (χ0n) is 9.27. The van der Waals surface area contributed by atoms with Gasteiger partial charge in [-0.05, 0) is 18.2 Å². The fourth-order valence-corrected chi connectivity index (χ4v) is 2.80. The summed E-state index contributed by atoms with van der Waals surface area (Å²) in [5, 5.41) is 0.0651. The van der Waals surface area contributed by atoms with E-state index in [0.29, 0.717) is 0 Å². The highest BCUT2D eigenvalue weighted by molar-refractivity contribution is 7.92. The van der Waals surface area contributed by atoms with E-state index in [-0.39, 0.29) is 10.7 Å². The molecule has 0 aliphatic rings. The molecule has 0 saturated heterocycles. The molecule has 0 aliphatic carbocycles. The van der Waals surface area contributed by atoms with Crippen molar-refractivity contribution in [3.8, 4) is 0 Å². The summed E-state index contributed by atoms with van der Waals surface area (Å²) in [7, 11) is -4.42. The zero-order valence-corrected chi connectivity index (χ0v) is 10.8. The molecule has 1 aromatic carbocycles. The number of sulfonamides is 1. The Morgan fingerprint density at radius 3 is 2.37 bits per heavy atom. The predicted octanol–water partition coefficient (Wildman–Crippen LogP) is 2.81. The third-order valence-electron chi connectivity index (χ3n) is 2.20. The summed E-state index contributed by atoms with van der Waals surface area (Å²) in [6.45, 7) is 0. The van der Waals surface area contributed by atoms with Gasteiger partial charge < -0.3 is 0 Å². The monoisotopic (exact) mass is 304 g/mol. The topological polar surface area (TPSA) is 59.1 Å². The summed E-state index contributed by atoms with van der Waals surface area (Å²) < 4.78 is 52.7. The average Bonchev–Trinajstić information content (AvgIpc) is 2.31. The SMILES string of the molecule is O=S(=O)(Nc1cnccc1Cl)c1c(F)cccc1F. The quantitative estimate of drug-likeness (QED) is 0.948. The third kappa shape index (κ3) is 2.82. The van der Waals surface area contributed by atoms with Gasteiger partial charge in [0.1, 0.15) is 11.6 Å². The molecule has 19 heavy (non-hydrogen) atoms. The number of hydrogen-bond donors (Lipinski definition) is 1. The molecule has 8 heteroatoms. The Morgan fingerprint density at radius 2 is 1.79 bits per heavy atom. The maximum atomic E-state index is 13.4. The molecule has 0 amide bonds. The molecule has 0 radical (unpaired) electrons. The minimum absolute atomic E-state index is 0.0631. The molecule has 100 valence electrons. The van der Waals surface area contributed by atoms with Crippen LogP contribution in [0.1, 0.15) is 0 Å². The number of halogens is 3. The third-order valence-corrected chi connectivity index (χ3v) is 3.95. The molecular weight excluding hydrogens is 298 g/mol. The van der Waals surface area contributed by atoms with Crippen molar-refractivity contribution in [2.45, 2.75) is 4.90 Å². The molecule has 0 fully saturated rings. The number of rotatable bonds is 3. The molecule has 0 bridgehead atoms. The fourth-order valence-electron chi connectivity index (χ4n) is 1.39. The Morgan fingerprint density at radius 1 is 1.16 bits per heavy atom. The lowest BCUT2D eigenvalue weighted by molar-refractivity contribution is 0.521. The van der Waals surface area contributed by atoms with Crippen LogP contribution in [-0.2, 0) is 10.0 Å². The summed E-state index contributed by atoms with van der Waals surface area (Å²) in [4.78, 5) is 2.61. The zero-order chi connectivity index (χ0) is 14.0. The Labute approximate surface area is 113 Å². The van der Waals surface area contributed by atoms with E-state index in [4.69, 9.17) is 11.6 Å². The van der Waals surface area contributed by atoms with Crippen LogP contribution in [0, 0.1) is 11.6 Å². The van der Waals surface area contributed by atoms with Gasteiger partial charge in [0, 0.05) is 6.20 Å². The summed E-state index contributed by atoms with van der Waals surface area (Å²) in [5.41, 5.74) is -0.0631. The van der Waals surface area contributed by atoms with Crippen molar-refractivity contribution in [1.82, 2.24) is 4.98 Å². The highest BCUT2D eigenvalue weighted by Gasteiger charge is 2.24. The summed E-state index contributed by atoms with van der Waals surface area (Å²) in [6, 6.07) is 4.11. The standard InChI is InChI=1S/C11H7ClF2N2O2S/c12-7-4-5-15-6-10(7)16-19(17,18)11-8(13)2-1-3-9(11)14/h1-6,16H. The lowest BCUT2D eigenvalue weighted by Crippen LogP contribution is -2.16. The second-order valence-corrected chi connectivity index (χ2v) is 5.54. The van der Waals surface area contributed by atoms with Crippen molar-refractivity contribution in [2.75, 3.05) is 4.72 Å². The van der Waals surface area contributed by atoms with Crippen LogP contribution in [0.25, 0.3) is 0 Å². The maximum Gasteiger partial charge on any atom is 0.267 e. The van der Waals surface area contributed by atoms with E-state index in [1.54, 1.807) is 0 Å². The van der Waals surface area contributed by atoms with Crippen molar-refractivity contribution in [1.29, 1.82) is 0 Å². The molecule has 1 N–H and O–H groups in total. The summed E-state index contributed by atoms with van der Waals surface area (Å²) in [6.07, 6.45) is 2.49. The minimum atomic E-state index is -4.42. The second-order valence-electron chi connectivity index (χ2n) is 3.51. The van der Waals surface area contributed by atoms with Gasteiger partial charge in [0.15, 0.2) is 4.90 Å². The molecule has 2 aromatic rings. The first-order chi connectivity index (χ1) is 8.92. The molecule has 0 unspecified atom stereocenters. The number of anilines is 1. The van der Waals surface area contributed by atoms with Crippen molar-refractivity contribution >= 4 is 27.3 Å². The number of aromatic nitrogens is 1. The van der Waals surface area contributed by atoms with Gasteiger partial charge in [-0.1, -0.05) is 17.7 Å². The molecule has 0 saturated carbocycles. The molecule has 0 aliphatic heterocycles. The number of pyridine rings is 1. The first-order valence-corrected chi connectivity index (χ1v) is 6.84. The number of benzene rings is 1. The molecular formula is C11H7ClF2N2O2S. The highest BCUT2D eigenvalue weighted by atomic mass is 35.5. The lowest BCUT2D eigenvalue weighted by Gasteiger charge is -2.10. The van der Waals surface area contributed by atoms with E-state index < -0.39 is 26.6 Å². The van der Waals surface area contributed by atoms with Crippen LogP contribution in [0.4, 0.5) is 14.5 Å². The van der Waals surface area contributed by atoms with Crippen LogP contribution >= 0.6 is 11.6 Å². The molecule has 0 spiro atoms. The van der Waals surface area contributed by atoms with Gasteiger partial charge in [-0.15, -0.1) is 0 Å². The first-order valence-electron chi connectivity index (χ1n) is 4.98. The Kier molecular flexibility index (Phi) is 3.68. The van der Waals surface area contributed by atoms with Gasteiger partial charge >= 0.3 is 0 Å². The molecule has 0 atom stereocenters.